The zero-order valence-electron chi connectivity index (χ0n) is 44.2. The molecule has 4 atom stereocenters. The first-order valence-corrected chi connectivity index (χ1v) is 31.3. The maximum absolute atomic E-state index is 10.3. The fraction of sp³-hybridized carbons (Fsp3) is 0.571. The number of hydrogen-bond donors (Lipinski definition) is 4. The Kier molecular flexibility index (Phi) is 22.8. The van der Waals surface area contributed by atoms with Gasteiger partial charge < -0.3 is 43.5 Å². The first kappa shape index (κ1) is 57.8. The van der Waals surface area contributed by atoms with E-state index in [0.29, 0.717) is 26.4 Å². The van der Waals surface area contributed by atoms with Crippen LogP contribution in [0.5, 0.6) is 23.0 Å². The van der Waals surface area contributed by atoms with E-state index in [4.69, 9.17) is 23.1 Å². The van der Waals surface area contributed by atoms with Crippen LogP contribution in [0.4, 0.5) is 0 Å². The third kappa shape index (κ3) is 18.4. The highest BCUT2D eigenvalue weighted by atomic mass is 28.4. The molecule has 384 valence electrons. The molecule has 13 heteroatoms. The normalized spacial score (nSPS) is 14.4. The van der Waals surface area contributed by atoms with E-state index in [1.165, 1.54) is 22.3 Å². The molecular weight excluding hydrogens is 901 g/mol. The summed E-state index contributed by atoms with van der Waals surface area (Å²) in [6.07, 6.45) is 1.99. The highest BCUT2D eigenvalue weighted by Crippen LogP contribution is 2.35. The van der Waals surface area contributed by atoms with Gasteiger partial charge in [0.15, 0.2) is 16.6 Å². The first-order valence-electron chi connectivity index (χ1n) is 25.1. The molecular formula is C56H88N2O9Si2. The van der Waals surface area contributed by atoms with Gasteiger partial charge in [0, 0.05) is 35.9 Å². The Labute approximate surface area is 418 Å². The highest BCUT2D eigenvalue weighted by Gasteiger charge is 2.33. The van der Waals surface area contributed by atoms with Crippen LogP contribution in [0, 0.1) is 11.8 Å². The predicted octanol–water partition coefficient (Wildman–Crippen LogP) is 9.60. The van der Waals surface area contributed by atoms with Crippen molar-refractivity contribution in [3.63, 3.8) is 0 Å². The highest BCUT2D eigenvalue weighted by molar-refractivity contribution is 6.84. The topological polar surface area (TPSA) is 134 Å². The summed E-state index contributed by atoms with van der Waals surface area (Å²) in [4.78, 5) is 4.41. The van der Waals surface area contributed by atoms with Crippen LogP contribution < -0.4 is 18.9 Å². The molecule has 0 bridgehead atoms. The molecule has 4 rings (SSSR count). The number of aliphatic hydroxyl groups excluding tert-OH is 4. The molecule has 0 aliphatic rings. The molecule has 0 radical (unpaired) electrons. The van der Waals surface area contributed by atoms with E-state index in [2.05, 4.69) is 126 Å². The molecule has 0 amide bonds. The Morgan fingerprint density at radius 1 is 0.435 bits per heavy atom. The third-order valence-corrected chi connectivity index (χ3v) is 21.2. The largest absolute Gasteiger partial charge is 0.493 e. The number of rotatable bonds is 32. The summed E-state index contributed by atoms with van der Waals surface area (Å²) in [5.41, 5.74) is 4.27. The van der Waals surface area contributed by atoms with E-state index < -0.39 is 16.6 Å². The van der Waals surface area contributed by atoms with Gasteiger partial charge >= 0.3 is 0 Å². The SMILES string of the molecule is CC(CO)COc1ccc(C(C)(C)c2ccc(OCC(CO)N(C)CCC[Si](C)(C)O[Si](C)(C)CCCN(C)C(CO)COc3ccc(C(C)(C)c4ccc(OCC(C)CO)cc4)cc3)cc2)cc1. The molecule has 69 heavy (non-hydrogen) atoms. The molecule has 4 unspecified atom stereocenters. The molecule has 0 aliphatic heterocycles. The number of hydrogen-bond acceptors (Lipinski definition) is 11. The van der Waals surface area contributed by atoms with E-state index >= 15 is 0 Å². The Bertz CT molecular complexity index is 1900. The number of benzene rings is 4. The summed E-state index contributed by atoms with van der Waals surface area (Å²) < 4.78 is 31.1. The molecule has 4 aromatic rings. The van der Waals surface area contributed by atoms with Crippen molar-refractivity contribution in [1.82, 2.24) is 9.80 Å². The molecule has 0 saturated carbocycles. The summed E-state index contributed by atoms with van der Waals surface area (Å²) in [7, 11) is 0.245. The minimum Gasteiger partial charge on any atom is -0.493 e. The molecule has 0 aromatic heterocycles. The minimum absolute atomic E-state index is 0.0160. The third-order valence-electron chi connectivity index (χ3n) is 13.7. The van der Waals surface area contributed by atoms with Crippen LogP contribution in [0.25, 0.3) is 0 Å². The van der Waals surface area contributed by atoms with Crippen LogP contribution >= 0.6 is 0 Å². The second kappa shape index (κ2) is 27.2. The predicted molar refractivity (Wildman–Crippen MR) is 286 cm³/mol. The Morgan fingerprint density at radius 3 is 0.942 bits per heavy atom. The van der Waals surface area contributed by atoms with E-state index in [-0.39, 0.29) is 61.2 Å². The Morgan fingerprint density at radius 2 is 0.696 bits per heavy atom. The lowest BCUT2D eigenvalue weighted by Crippen LogP contribution is -2.46. The van der Waals surface area contributed by atoms with Crippen molar-refractivity contribution < 1.29 is 43.5 Å². The lowest BCUT2D eigenvalue weighted by Gasteiger charge is -2.35. The van der Waals surface area contributed by atoms with E-state index in [1.807, 2.05) is 62.4 Å². The smallest absolute Gasteiger partial charge is 0.173 e. The van der Waals surface area contributed by atoms with Crippen LogP contribution in [0.1, 0.15) is 76.6 Å². The average molecular weight is 989 g/mol. The van der Waals surface area contributed by atoms with Crippen molar-refractivity contribution in [3.8, 4) is 23.0 Å². The van der Waals surface area contributed by atoms with Crippen LogP contribution in [0.2, 0.25) is 38.3 Å². The maximum Gasteiger partial charge on any atom is 0.173 e. The molecule has 0 spiro atoms. The zero-order chi connectivity index (χ0) is 50.8. The Balaban J connectivity index is 1.16. The second-order valence-electron chi connectivity index (χ2n) is 21.6. The molecule has 4 N–H and O–H groups in total. The molecule has 11 nitrogen and oxygen atoms in total. The van der Waals surface area contributed by atoms with Gasteiger partial charge in [0.2, 0.25) is 0 Å². The number of ether oxygens (including phenoxy) is 4. The minimum atomic E-state index is -1.94. The number of aliphatic hydroxyl groups is 4. The average Bonchev–Trinajstić information content (AvgIpc) is 3.32. The van der Waals surface area contributed by atoms with Gasteiger partial charge in [-0.2, -0.15) is 0 Å². The Hall–Kier alpha value is -3.77. The maximum atomic E-state index is 10.3. The van der Waals surface area contributed by atoms with Gasteiger partial charge in [0.1, 0.15) is 36.2 Å². The lowest BCUT2D eigenvalue weighted by molar-refractivity contribution is 0.101. The van der Waals surface area contributed by atoms with E-state index in [0.717, 1.165) is 61.0 Å². The molecule has 0 heterocycles. The zero-order valence-corrected chi connectivity index (χ0v) is 46.2. The summed E-state index contributed by atoms with van der Waals surface area (Å²) in [5.74, 6) is 3.34. The standard InChI is InChI=1S/C56H88N2O9Si2/c1-43(35-59)39-63-51-23-15-45(16-24-51)55(3,4)47-19-27-53(28-20-47)65-41-49(37-61)57(7)31-13-33-68(9,10)67-69(11,12)34-14-32-58(8)50(38-62)42-66-54-29-21-48(22-30-54)56(5,6)46-17-25-52(26-18-46)64-40-44(2)36-60/h15-30,43-44,49-50,59-62H,13-14,31-42H2,1-12H3. The quantitative estimate of drug-likeness (QED) is 0.0349. The van der Waals surface area contributed by atoms with Gasteiger partial charge in [-0.25, -0.2) is 0 Å². The van der Waals surface area contributed by atoms with Gasteiger partial charge in [-0.1, -0.05) is 90.1 Å². The van der Waals surface area contributed by atoms with Crippen LogP contribution in [-0.2, 0) is 14.9 Å². The fourth-order valence-electron chi connectivity index (χ4n) is 8.53. The van der Waals surface area contributed by atoms with Crippen LogP contribution in [0.15, 0.2) is 97.1 Å². The van der Waals surface area contributed by atoms with Crippen molar-refractivity contribution in [3.05, 3.63) is 119 Å². The molecule has 4 aromatic carbocycles. The van der Waals surface area contributed by atoms with Gasteiger partial charge in [-0.15, -0.1) is 0 Å². The van der Waals surface area contributed by atoms with E-state index in [1.54, 1.807) is 0 Å². The van der Waals surface area contributed by atoms with Gasteiger partial charge in [-0.05, 0) is 149 Å². The monoisotopic (exact) mass is 989 g/mol. The van der Waals surface area contributed by atoms with Crippen molar-refractivity contribution in [2.24, 2.45) is 11.8 Å². The van der Waals surface area contributed by atoms with Gasteiger partial charge in [0.05, 0.1) is 38.5 Å². The fourth-order valence-corrected chi connectivity index (χ4v) is 17.4. The first-order chi connectivity index (χ1) is 32.6. The van der Waals surface area contributed by atoms with Crippen molar-refractivity contribution in [1.29, 1.82) is 0 Å². The number of likely N-dealkylation sites (N-methyl/N-ethyl adjacent to an activating group) is 2. The molecule has 0 aliphatic carbocycles. The van der Waals surface area contributed by atoms with Gasteiger partial charge in [0.25, 0.3) is 0 Å². The van der Waals surface area contributed by atoms with Crippen LogP contribution in [0.3, 0.4) is 0 Å². The summed E-state index contributed by atoms with van der Waals surface area (Å²) in [6, 6.07) is 34.7. The van der Waals surface area contributed by atoms with E-state index in [9.17, 15) is 20.4 Å². The summed E-state index contributed by atoms with van der Waals surface area (Å²) in [6.45, 7) is 25.8. The second-order valence-corrected chi connectivity index (χ2v) is 30.5. The van der Waals surface area contributed by atoms with Crippen molar-refractivity contribution in [2.45, 2.75) is 116 Å². The molecule has 0 saturated heterocycles. The van der Waals surface area contributed by atoms with Crippen molar-refractivity contribution in [2.75, 3.05) is 80.0 Å². The lowest BCUT2D eigenvalue weighted by atomic mass is 9.78. The summed E-state index contributed by atoms with van der Waals surface area (Å²) in [5, 5.41) is 39.2. The van der Waals surface area contributed by atoms with Crippen LogP contribution in [-0.4, -0.2) is 139 Å². The summed E-state index contributed by atoms with van der Waals surface area (Å²) >= 11 is 0. The molecule has 0 fully saturated rings. The van der Waals surface area contributed by atoms with Gasteiger partial charge in [-0.3, -0.25) is 9.80 Å². The number of nitrogens with zero attached hydrogens (tertiary/aromatic N) is 2. The van der Waals surface area contributed by atoms with Crippen molar-refractivity contribution >= 4 is 16.6 Å².